The number of piperidine rings is 1. The van der Waals surface area contributed by atoms with Gasteiger partial charge in [0.15, 0.2) is 9.84 Å². The minimum absolute atomic E-state index is 0.0513. The lowest BCUT2D eigenvalue weighted by atomic mass is 9.86. The van der Waals surface area contributed by atoms with Crippen LogP contribution in [0.3, 0.4) is 0 Å². The fraction of sp³-hybridized carbons (Fsp3) is 0.576. The van der Waals surface area contributed by atoms with Gasteiger partial charge in [0.2, 0.25) is 0 Å². The number of likely N-dealkylation sites (N-methyl/N-ethyl adjacent to an activating group) is 1. The van der Waals surface area contributed by atoms with Crippen LogP contribution in [0.25, 0.3) is 0 Å². The van der Waals surface area contributed by atoms with E-state index in [1.165, 1.54) is 17.0 Å². The largest absolute Gasteiger partial charge is 0.491 e. The summed E-state index contributed by atoms with van der Waals surface area (Å²) in [4.78, 5) is 32.3. The fourth-order valence-corrected chi connectivity index (χ4v) is 6.78. The second-order valence-corrected chi connectivity index (χ2v) is 15.5. The van der Waals surface area contributed by atoms with Crippen molar-refractivity contribution in [2.24, 2.45) is 0 Å². The lowest BCUT2D eigenvalue weighted by Crippen LogP contribution is -2.50. The van der Waals surface area contributed by atoms with E-state index in [1.54, 1.807) is 32.9 Å². The van der Waals surface area contributed by atoms with E-state index in [4.69, 9.17) is 18.9 Å². The maximum absolute atomic E-state index is 13.4. The van der Waals surface area contributed by atoms with Crippen LogP contribution in [0.1, 0.15) is 50.4 Å². The van der Waals surface area contributed by atoms with E-state index in [-0.39, 0.29) is 36.6 Å². The number of anilines is 1. The molecule has 2 fully saturated rings. The number of nitrogens with zero attached hydrogens (tertiary/aromatic N) is 3. The molecule has 0 radical (unpaired) electrons. The fourth-order valence-electron chi connectivity index (χ4n) is 6.12. The van der Waals surface area contributed by atoms with Crippen molar-refractivity contribution in [1.29, 1.82) is 0 Å². The Bertz CT molecular complexity index is 1530. The Morgan fingerprint density at radius 3 is 2.57 bits per heavy atom. The van der Waals surface area contributed by atoms with E-state index >= 15 is 0 Å². The number of benzene rings is 2. The summed E-state index contributed by atoms with van der Waals surface area (Å²) in [5.41, 5.74) is 0.309. The number of likely N-dealkylation sites (tertiary alicyclic amines) is 1. The summed E-state index contributed by atoms with van der Waals surface area (Å²) in [6.07, 6.45) is 1.24. The lowest BCUT2D eigenvalue weighted by molar-refractivity contribution is -0.0401. The van der Waals surface area contributed by atoms with E-state index in [1.807, 2.05) is 30.1 Å². The molecule has 0 aliphatic carbocycles. The van der Waals surface area contributed by atoms with E-state index in [2.05, 4.69) is 4.90 Å². The third-order valence-electron chi connectivity index (χ3n) is 8.61. The maximum Gasteiger partial charge on any atom is 0.410 e. The highest BCUT2D eigenvalue weighted by Gasteiger charge is 2.47. The van der Waals surface area contributed by atoms with Crippen LogP contribution in [0.5, 0.6) is 11.5 Å². The molecule has 2 saturated heterocycles. The van der Waals surface area contributed by atoms with Gasteiger partial charge in [0.1, 0.15) is 36.4 Å². The van der Waals surface area contributed by atoms with Crippen LogP contribution in [0.2, 0.25) is 0 Å². The number of carbonyl (C=O) groups excluding carboxylic acids is 2. The Kier molecular flexibility index (Phi) is 9.76. The van der Waals surface area contributed by atoms with Crippen LogP contribution in [0.4, 0.5) is 10.5 Å². The number of aliphatic hydroxyl groups excluding tert-OH is 1. The number of rotatable bonds is 8. The van der Waals surface area contributed by atoms with Crippen molar-refractivity contribution in [2.75, 3.05) is 64.2 Å². The van der Waals surface area contributed by atoms with Gasteiger partial charge in [-0.2, -0.15) is 0 Å². The molecule has 3 aliphatic heterocycles. The molecule has 1 unspecified atom stereocenters. The monoisotopic (exact) mass is 659 g/mol. The van der Waals surface area contributed by atoms with Crippen molar-refractivity contribution in [3.63, 3.8) is 0 Å². The average molecular weight is 660 g/mol. The van der Waals surface area contributed by atoms with Gasteiger partial charge in [-0.05, 0) is 76.4 Å². The number of amides is 2. The summed E-state index contributed by atoms with van der Waals surface area (Å²) in [6.45, 7) is 7.80. The highest BCUT2D eigenvalue weighted by Crippen LogP contribution is 2.39. The molecule has 2 atom stereocenters. The third kappa shape index (κ3) is 8.05. The summed E-state index contributed by atoms with van der Waals surface area (Å²) in [7, 11) is -1.42. The van der Waals surface area contributed by atoms with E-state index < -0.39 is 33.2 Å². The molecular weight excluding hydrogens is 614 g/mol. The molecule has 1 N–H and O–H groups in total. The predicted octanol–water partition coefficient (Wildman–Crippen LogP) is 3.36. The molecule has 0 aromatic heterocycles. The minimum atomic E-state index is -3.42. The second kappa shape index (κ2) is 13.3. The van der Waals surface area contributed by atoms with Gasteiger partial charge in [-0.1, -0.05) is 6.07 Å². The van der Waals surface area contributed by atoms with Crippen molar-refractivity contribution in [3.8, 4) is 11.5 Å². The molecule has 3 heterocycles. The molecule has 3 aliphatic rings. The second-order valence-electron chi connectivity index (χ2n) is 13.4. The number of sulfone groups is 1. The Balaban J connectivity index is 1.21. The van der Waals surface area contributed by atoms with Crippen molar-refractivity contribution >= 4 is 27.5 Å². The molecule has 2 amide bonds. The Morgan fingerprint density at radius 1 is 1.13 bits per heavy atom. The highest BCUT2D eigenvalue weighted by molar-refractivity contribution is 7.90. The van der Waals surface area contributed by atoms with Crippen molar-refractivity contribution in [1.82, 2.24) is 9.80 Å². The number of aliphatic hydroxyl groups is 1. The Morgan fingerprint density at radius 2 is 1.87 bits per heavy atom. The molecule has 46 heavy (non-hydrogen) atoms. The zero-order chi connectivity index (χ0) is 33.3. The van der Waals surface area contributed by atoms with Crippen molar-refractivity contribution < 1.29 is 42.1 Å². The van der Waals surface area contributed by atoms with Crippen LogP contribution in [0.15, 0.2) is 47.4 Å². The molecule has 252 valence electrons. The number of carbonyl (C=O) groups is 2. The summed E-state index contributed by atoms with van der Waals surface area (Å²) in [6, 6.07) is 11.3. The summed E-state index contributed by atoms with van der Waals surface area (Å²) in [5, 5.41) is 10.9. The summed E-state index contributed by atoms with van der Waals surface area (Å²) >= 11 is 0. The first kappa shape index (κ1) is 33.8. The third-order valence-corrected chi connectivity index (χ3v) is 9.72. The van der Waals surface area contributed by atoms with Crippen LogP contribution in [0, 0.1) is 0 Å². The Labute approximate surface area is 271 Å². The SMILES string of the molecule is CN1CCOc2cc(C(=O)N3CCC4(CC3)CC(N(C[C@H](O)COc3cccc(S(C)(=O)=O)c3)C(=O)OC(C)(C)C)CO4)ccc21. The van der Waals surface area contributed by atoms with Crippen LogP contribution in [-0.4, -0.2) is 118 Å². The van der Waals surface area contributed by atoms with Gasteiger partial charge in [-0.15, -0.1) is 0 Å². The molecule has 2 aromatic carbocycles. The van der Waals surface area contributed by atoms with Crippen LogP contribution in [-0.2, 0) is 19.3 Å². The highest BCUT2D eigenvalue weighted by atomic mass is 32.2. The molecule has 2 aromatic rings. The smallest absolute Gasteiger partial charge is 0.410 e. The van der Waals surface area contributed by atoms with Crippen LogP contribution < -0.4 is 14.4 Å². The first-order chi connectivity index (χ1) is 21.6. The molecular formula is C33H45N3O9S. The van der Waals surface area contributed by atoms with Gasteiger partial charge in [0.25, 0.3) is 5.91 Å². The average Bonchev–Trinajstić information content (AvgIpc) is 3.40. The number of hydrogen-bond acceptors (Lipinski definition) is 10. The van der Waals surface area contributed by atoms with E-state index in [9.17, 15) is 23.1 Å². The lowest BCUT2D eigenvalue weighted by Gasteiger charge is -2.39. The normalized spacial score (nSPS) is 20.1. The van der Waals surface area contributed by atoms with Gasteiger partial charge in [0, 0.05) is 32.0 Å². The first-order valence-electron chi connectivity index (χ1n) is 15.6. The topological polar surface area (TPSA) is 135 Å². The van der Waals surface area contributed by atoms with Gasteiger partial charge in [0.05, 0.1) is 41.9 Å². The van der Waals surface area contributed by atoms with Gasteiger partial charge in [-0.25, -0.2) is 13.2 Å². The Hall–Kier alpha value is -3.55. The van der Waals surface area contributed by atoms with Crippen molar-refractivity contribution in [2.45, 2.75) is 68.3 Å². The molecule has 13 heteroatoms. The predicted molar refractivity (Wildman–Crippen MR) is 171 cm³/mol. The molecule has 0 bridgehead atoms. The summed E-state index contributed by atoms with van der Waals surface area (Å²) < 4.78 is 47.3. The van der Waals surface area contributed by atoms with Crippen molar-refractivity contribution in [3.05, 3.63) is 48.0 Å². The van der Waals surface area contributed by atoms with Gasteiger partial charge in [-0.3, -0.25) is 4.79 Å². The van der Waals surface area contributed by atoms with Crippen LogP contribution >= 0.6 is 0 Å². The number of hydrogen-bond donors (Lipinski definition) is 1. The maximum atomic E-state index is 13.4. The quantitative estimate of drug-likeness (QED) is 0.450. The molecule has 12 nitrogen and oxygen atoms in total. The standard InChI is InChI=1S/C33H45N3O9S/c1-32(2,3)45-31(39)36(20-25(37)22-43-26-7-6-8-27(18-26)46(5,40)41)24-19-33(44-21-24)11-13-35(14-12-33)30(38)23-9-10-28-29(17-23)42-16-15-34(28)4/h6-10,17-18,24-25,37H,11-16,19-22H2,1-5H3/t24?,25-/m0/s1. The number of ether oxygens (including phenoxy) is 4. The molecule has 5 rings (SSSR count). The first-order valence-corrected chi connectivity index (χ1v) is 17.5. The van der Waals surface area contributed by atoms with Gasteiger partial charge >= 0.3 is 6.09 Å². The van der Waals surface area contributed by atoms with E-state index in [0.29, 0.717) is 56.0 Å². The zero-order valence-electron chi connectivity index (χ0n) is 27.2. The minimum Gasteiger partial charge on any atom is -0.491 e. The summed E-state index contributed by atoms with van der Waals surface area (Å²) in [5.74, 6) is 0.961. The van der Waals surface area contributed by atoms with E-state index in [0.717, 1.165) is 18.5 Å². The molecule has 1 spiro atoms. The van der Waals surface area contributed by atoms with Gasteiger partial charge < -0.3 is 38.8 Å². The molecule has 0 saturated carbocycles. The number of fused-ring (bicyclic) bond motifs is 1. The zero-order valence-corrected chi connectivity index (χ0v) is 28.0.